The lowest BCUT2D eigenvalue weighted by Crippen LogP contribution is -2.54. The number of piperidine rings is 1. The Labute approximate surface area is 152 Å². The predicted molar refractivity (Wildman–Crippen MR) is 86.0 cm³/mol. The van der Waals surface area contributed by atoms with Crippen molar-refractivity contribution in [1.82, 2.24) is 4.90 Å². The van der Waals surface area contributed by atoms with Crippen LogP contribution in [-0.4, -0.2) is 29.9 Å². The molecule has 1 aliphatic rings. The van der Waals surface area contributed by atoms with Crippen LogP contribution in [0, 0.1) is 5.41 Å². The number of carbonyl (C=O) groups excluding carboxylic acids is 1. The summed E-state index contributed by atoms with van der Waals surface area (Å²) in [6.45, 7) is 3.93. The van der Waals surface area contributed by atoms with E-state index in [1.54, 1.807) is 13.8 Å². The lowest BCUT2D eigenvalue weighted by molar-refractivity contribution is -0.143. The van der Waals surface area contributed by atoms with Gasteiger partial charge >= 0.3 is 12.4 Å². The summed E-state index contributed by atoms with van der Waals surface area (Å²) in [7, 11) is 0. The maximum Gasteiger partial charge on any atom is 0.416 e. The van der Waals surface area contributed by atoms with Crippen LogP contribution in [-0.2, 0) is 12.4 Å². The SMILES string of the molecule is CC1(C)CN(C(=O)c2cc(C(F)(F)F)cc(C(F)(F)F)c2)CCC1N.Cl. The first-order valence-corrected chi connectivity index (χ1v) is 7.56. The average molecular weight is 405 g/mol. The normalized spacial score (nSPS) is 20.5. The Balaban J connectivity index is 0.00000338. The molecule has 1 aliphatic heterocycles. The highest BCUT2D eigenvalue weighted by Gasteiger charge is 2.39. The summed E-state index contributed by atoms with van der Waals surface area (Å²) in [6.07, 6.45) is -9.55. The van der Waals surface area contributed by atoms with Gasteiger partial charge in [0.25, 0.3) is 5.91 Å². The molecule has 1 heterocycles. The van der Waals surface area contributed by atoms with Crippen molar-refractivity contribution in [2.75, 3.05) is 13.1 Å². The van der Waals surface area contributed by atoms with Crippen LogP contribution >= 0.6 is 12.4 Å². The third-order valence-corrected chi connectivity index (χ3v) is 4.43. The van der Waals surface area contributed by atoms with Crippen LogP contribution in [0.5, 0.6) is 0 Å². The summed E-state index contributed by atoms with van der Waals surface area (Å²) in [5.41, 5.74) is 1.82. The Morgan fingerprint density at radius 1 is 1.08 bits per heavy atom. The van der Waals surface area contributed by atoms with Gasteiger partial charge in [-0.15, -0.1) is 12.4 Å². The van der Waals surface area contributed by atoms with E-state index in [1.165, 1.54) is 4.90 Å². The van der Waals surface area contributed by atoms with Crippen molar-refractivity contribution in [1.29, 1.82) is 0 Å². The highest BCUT2D eigenvalue weighted by molar-refractivity contribution is 5.94. The molecule has 3 nitrogen and oxygen atoms in total. The lowest BCUT2D eigenvalue weighted by atomic mass is 9.79. The molecule has 1 saturated heterocycles. The smallest absolute Gasteiger partial charge is 0.338 e. The van der Waals surface area contributed by atoms with Crippen molar-refractivity contribution in [3.8, 4) is 0 Å². The van der Waals surface area contributed by atoms with E-state index < -0.39 is 40.4 Å². The minimum absolute atomic E-state index is 0. The van der Waals surface area contributed by atoms with Gasteiger partial charge in [-0.1, -0.05) is 13.8 Å². The number of hydrogen-bond acceptors (Lipinski definition) is 2. The number of nitrogens with two attached hydrogens (primary N) is 1. The van der Waals surface area contributed by atoms with Gasteiger partial charge in [-0.2, -0.15) is 26.3 Å². The van der Waals surface area contributed by atoms with E-state index >= 15 is 0 Å². The molecule has 0 radical (unpaired) electrons. The quantitative estimate of drug-likeness (QED) is 0.707. The fourth-order valence-electron chi connectivity index (χ4n) is 2.81. The van der Waals surface area contributed by atoms with Crippen LogP contribution in [0.2, 0.25) is 0 Å². The van der Waals surface area contributed by atoms with Crippen molar-refractivity contribution >= 4 is 18.3 Å². The number of rotatable bonds is 1. The number of halogens is 7. The maximum absolute atomic E-state index is 12.9. The zero-order valence-corrected chi connectivity index (χ0v) is 14.9. The van der Waals surface area contributed by atoms with Crippen LogP contribution < -0.4 is 5.73 Å². The van der Waals surface area contributed by atoms with Gasteiger partial charge < -0.3 is 10.6 Å². The summed E-state index contributed by atoms with van der Waals surface area (Å²) in [6, 6.07) is 0.717. The third-order valence-electron chi connectivity index (χ3n) is 4.43. The molecule has 0 spiro atoms. The van der Waals surface area contributed by atoms with Gasteiger partial charge in [0.2, 0.25) is 0 Å². The zero-order chi connectivity index (χ0) is 19.2. The topological polar surface area (TPSA) is 46.3 Å². The van der Waals surface area contributed by atoms with Crippen LogP contribution in [0.1, 0.15) is 41.8 Å². The molecular weight excluding hydrogens is 386 g/mol. The Bertz CT molecular complexity index is 639. The number of alkyl halides is 6. The molecule has 0 bridgehead atoms. The third kappa shape index (κ3) is 4.82. The number of benzene rings is 1. The van der Waals surface area contributed by atoms with Crippen LogP contribution in [0.4, 0.5) is 26.3 Å². The molecule has 2 rings (SSSR count). The number of hydrogen-bond donors (Lipinski definition) is 1. The van der Waals surface area contributed by atoms with Gasteiger partial charge in [0.15, 0.2) is 0 Å². The number of nitrogens with zero attached hydrogens (tertiary/aromatic N) is 1. The first kappa shape index (κ1) is 22.6. The molecule has 0 aliphatic carbocycles. The minimum Gasteiger partial charge on any atom is -0.338 e. The lowest BCUT2D eigenvalue weighted by Gasteiger charge is -2.42. The van der Waals surface area contributed by atoms with E-state index in [-0.39, 0.29) is 37.6 Å². The number of carbonyl (C=O) groups is 1. The van der Waals surface area contributed by atoms with E-state index in [9.17, 15) is 31.1 Å². The fourth-order valence-corrected chi connectivity index (χ4v) is 2.81. The molecule has 148 valence electrons. The molecule has 1 aromatic carbocycles. The van der Waals surface area contributed by atoms with Crippen molar-refractivity contribution < 1.29 is 31.1 Å². The van der Waals surface area contributed by atoms with Gasteiger partial charge in [-0.3, -0.25) is 4.79 Å². The Morgan fingerprint density at radius 2 is 1.54 bits per heavy atom. The van der Waals surface area contributed by atoms with Crippen LogP contribution in [0.15, 0.2) is 18.2 Å². The minimum atomic E-state index is -4.99. The molecular formula is C16H19ClF6N2O. The second kappa shape index (κ2) is 7.26. The predicted octanol–water partition coefficient (Wildman–Crippen LogP) is 4.35. The van der Waals surface area contributed by atoms with Gasteiger partial charge in [0.1, 0.15) is 0 Å². The standard InChI is InChI=1S/C16H18F6N2O.ClH/c1-14(2)8-24(4-3-12(14)23)13(25)9-5-10(15(17,18)19)7-11(6-9)16(20,21)22;/h5-7,12H,3-4,8,23H2,1-2H3;1H. The molecule has 0 saturated carbocycles. The molecule has 26 heavy (non-hydrogen) atoms. The summed E-state index contributed by atoms with van der Waals surface area (Å²) in [4.78, 5) is 13.8. The second-order valence-electron chi connectivity index (χ2n) is 6.91. The van der Waals surface area contributed by atoms with Crippen molar-refractivity contribution in [3.63, 3.8) is 0 Å². The fraction of sp³-hybridized carbons (Fsp3) is 0.562. The first-order valence-electron chi connectivity index (χ1n) is 7.56. The zero-order valence-electron chi connectivity index (χ0n) is 14.0. The molecule has 10 heteroatoms. The van der Waals surface area contributed by atoms with E-state index in [0.29, 0.717) is 18.6 Å². The van der Waals surface area contributed by atoms with Crippen LogP contribution in [0.25, 0.3) is 0 Å². The molecule has 1 unspecified atom stereocenters. The van der Waals surface area contributed by atoms with Crippen molar-refractivity contribution in [3.05, 3.63) is 34.9 Å². The summed E-state index contributed by atoms with van der Waals surface area (Å²) in [5.74, 6) is -0.864. The molecule has 1 amide bonds. The first-order chi connectivity index (χ1) is 11.2. The largest absolute Gasteiger partial charge is 0.416 e. The molecule has 2 N–H and O–H groups in total. The molecule has 1 aromatic rings. The van der Waals surface area contributed by atoms with Gasteiger partial charge in [-0.05, 0) is 30.0 Å². The summed E-state index contributed by atoms with van der Waals surface area (Å²) < 4.78 is 77.4. The molecule has 0 aromatic heterocycles. The average Bonchev–Trinajstić information content (AvgIpc) is 2.47. The highest BCUT2D eigenvalue weighted by atomic mass is 35.5. The Hall–Kier alpha value is -1.48. The monoisotopic (exact) mass is 404 g/mol. The maximum atomic E-state index is 12.9. The molecule has 1 fully saturated rings. The van der Waals surface area contributed by atoms with E-state index in [0.717, 1.165) is 0 Å². The number of amides is 1. The highest BCUT2D eigenvalue weighted by Crippen LogP contribution is 2.37. The van der Waals surface area contributed by atoms with E-state index in [1.807, 2.05) is 0 Å². The van der Waals surface area contributed by atoms with Crippen molar-refractivity contribution in [2.45, 2.75) is 38.7 Å². The van der Waals surface area contributed by atoms with Crippen LogP contribution in [0.3, 0.4) is 0 Å². The van der Waals surface area contributed by atoms with Gasteiger partial charge in [0.05, 0.1) is 11.1 Å². The van der Waals surface area contributed by atoms with Gasteiger partial charge in [-0.25, -0.2) is 0 Å². The van der Waals surface area contributed by atoms with E-state index in [2.05, 4.69) is 0 Å². The van der Waals surface area contributed by atoms with Gasteiger partial charge in [0, 0.05) is 24.7 Å². The molecule has 1 atom stereocenters. The Kier molecular flexibility index (Phi) is 6.30. The van der Waals surface area contributed by atoms with Crippen molar-refractivity contribution in [2.24, 2.45) is 11.1 Å². The Morgan fingerprint density at radius 3 is 1.92 bits per heavy atom. The second-order valence-corrected chi connectivity index (χ2v) is 6.91. The summed E-state index contributed by atoms with van der Waals surface area (Å²) >= 11 is 0. The summed E-state index contributed by atoms with van der Waals surface area (Å²) in [5, 5.41) is 0. The van der Waals surface area contributed by atoms with E-state index in [4.69, 9.17) is 5.73 Å². The number of likely N-dealkylation sites (tertiary alicyclic amines) is 1.